The first-order valence-corrected chi connectivity index (χ1v) is 7.10. The van der Waals surface area contributed by atoms with Gasteiger partial charge in [-0.1, -0.05) is 6.07 Å². The number of carbonyl (C=O) groups excluding carboxylic acids is 1. The Morgan fingerprint density at radius 3 is 3.00 bits per heavy atom. The molecule has 20 heavy (non-hydrogen) atoms. The number of amides is 1. The topological polar surface area (TPSA) is 42.4 Å². The number of aromatic nitrogens is 1. The number of nitrogens with zero attached hydrogens (tertiary/aromatic N) is 2. The van der Waals surface area contributed by atoms with Crippen LogP contribution in [0.3, 0.4) is 0 Å². The Kier molecular flexibility index (Phi) is 3.44. The minimum atomic E-state index is -0.0612. The highest BCUT2D eigenvalue weighted by molar-refractivity contribution is 9.10. The fraction of sp³-hybridized carbons (Fsp3) is 0.200. The number of rotatable bonds is 1. The van der Waals surface area contributed by atoms with Crippen molar-refractivity contribution in [3.05, 3.63) is 52.3 Å². The smallest absolute Gasteiger partial charge is 0.260 e. The summed E-state index contributed by atoms with van der Waals surface area (Å²) in [4.78, 5) is 18.4. The number of aryl methyl sites for hydroxylation is 1. The van der Waals surface area contributed by atoms with Crippen LogP contribution in [0, 0.1) is 6.92 Å². The van der Waals surface area contributed by atoms with Crippen LogP contribution in [0.1, 0.15) is 15.9 Å². The maximum atomic E-state index is 12.6. The predicted octanol–water partition coefficient (Wildman–Crippen LogP) is 3.19. The summed E-state index contributed by atoms with van der Waals surface area (Å²) in [6, 6.07) is 7.63. The molecule has 0 fully saturated rings. The number of anilines is 1. The summed E-state index contributed by atoms with van der Waals surface area (Å²) in [5, 5.41) is 0. The van der Waals surface area contributed by atoms with Gasteiger partial charge in [-0.05, 0) is 46.6 Å². The third-order valence-corrected chi connectivity index (χ3v) is 3.61. The lowest BCUT2D eigenvalue weighted by Gasteiger charge is -2.29. The van der Waals surface area contributed by atoms with Crippen molar-refractivity contribution >= 4 is 27.5 Å². The molecule has 2 aromatic rings. The van der Waals surface area contributed by atoms with Gasteiger partial charge in [-0.15, -0.1) is 0 Å². The maximum absolute atomic E-state index is 12.6. The average molecular weight is 333 g/mol. The molecule has 0 saturated heterocycles. The zero-order chi connectivity index (χ0) is 14.1. The van der Waals surface area contributed by atoms with E-state index in [-0.39, 0.29) is 5.91 Å². The molecule has 0 N–H and O–H groups in total. The third kappa shape index (κ3) is 2.41. The van der Waals surface area contributed by atoms with Gasteiger partial charge in [0, 0.05) is 16.9 Å². The van der Waals surface area contributed by atoms with Crippen LogP contribution < -0.4 is 9.64 Å². The van der Waals surface area contributed by atoms with Crippen LogP contribution in [0.5, 0.6) is 5.75 Å². The molecule has 1 aliphatic heterocycles. The van der Waals surface area contributed by atoms with E-state index in [1.54, 1.807) is 23.4 Å². The van der Waals surface area contributed by atoms with Crippen LogP contribution in [-0.2, 0) is 0 Å². The largest absolute Gasteiger partial charge is 0.490 e. The summed E-state index contributed by atoms with van der Waals surface area (Å²) in [6.07, 6.45) is 3.24. The lowest BCUT2D eigenvalue weighted by molar-refractivity contribution is 0.0976. The zero-order valence-electron chi connectivity index (χ0n) is 11.0. The molecule has 0 radical (unpaired) electrons. The number of pyridine rings is 1. The monoisotopic (exact) mass is 332 g/mol. The second kappa shape index (κ2) is 5.25. The highest BCUT2D eigenvalue weighted by Gasteiger charge is 2.25. The van der Waals surface area contributed by atoms with Crippen molar-refractivity contribution in [2.75, 3.05) is 18.1 Å². The summed E-state index contributed by atoms with van der Waals surface area (Å²) >= 11 is 3.34. The van der Waals surface area contributed by atoms with Crippen LogP contribution in [0.2, 0.25) is 0 Å². The maximum Gasteiger partial charge on any atom is 0.260 e. The van der Waals surface area contributed by atoms with Gasteiger partial charge in [0.2, 0.25) is 0 Å². The van der Waals surface area contributed by atoms with Crippen molar-refractivity contribution in [1.29, 1.82) is 0 Å². The number of hydrogen-bond donors (Lipinski definition) is 0. The Labute approximate surface area is 125 Å². The van der Waals surface area contributed by atoms with Crippen LogP contribution >= 0.6 is 15.9 Å². The number of fused-ring (bicyclic) bond motifs is 1. The molecule has 1 aromatic heterocycles. The summed E-state index contributed by atoms with van der Waals surface area (Å²) < 4.78 is 6.39. The van der Waals surface area contributed by atoms with Gasteiger partial charge in [-0.25, -0.2) is 0 Å². The van der Waals surface area contributed by atoms with Gasteiger partial charge in [0.05, 0.1) is 17.8 Å². The number of carbonyl (C=O) groups is 1. The summed E-state index contributed by atoms with van der Waals surface area (Å²) in [5.74, 6) is 0.687. The van der Waals surface area contributed by atoms with Gasteiger partial charge < -0.3 is 9.64 Å². The second-order valence-corrected chi connectivity index (χ2v) is 5.58. The van der Waals surface area contributed by atoms with Crippen LogP contribution in [-0.4, -0.2) is 24.0 Å². The second-order valence-electron chi connectivity index (χ2n) is 4.67. The van der Waals surface area contributed by atoms with Crippen molar-refractivity contribution in [2.45, 2.75) is 6.92 Å². The van der Waals surface area contributed by atoms with E-state index in [0.29, 0.717) is 18.7 Å². The molecule has 4 nitrogen and oxygen atoms in total. The Morgan fingerprint density at radius 1 is 1.35 bits per heavy atom. The summed E-state index contributed by atoms with van der Waals surface area (Å²) in [6.45, 7) is 3.04. The third-order valence-electron chi connectivity index (χ3n) is 3.17. The van der Waals surface area contributed by atoms with E-state index >= 15 is 0 Å². The first kappa shape index (κ1) is 13.1. The number of benzene rings is 1. The molecule has 0 aliphatic carbocycles. The van der Waals surface area contributed by atoms with Crippen molar-refractivity contribution in [3.63, 3.8) is 0 Å². The van der Waals surface area contributed by atoms with Crippen LogP contribution in [0.15, 0.2) is 41.1 Å². The summed E-state index contributed by atoms with van der Waals surface area (Å²) in [5.41, 5.74) is 2.48. The summed E-state index contributed by atoms with van der Waals surface area (Å²) in [7, 11) is 0. The van der Waals surface area contributed by atoms with E-state index in [9.17, 15) is 4.79 Å². The average Bonchev–Trinajstić information content (AvgIpc) is 2.46. The Morgan fingerprint density at radius 2 is 2.20 bits per heavy atom. The molecule has 1 amide bonds. The van der Waals surface area contributed by atoms with Gasteiger partial charge in [0.1, 0.15) is 12.4 Å². The highest BCUT2D eigenvalue weighted by atomic mass is 79.9. The number of ether oxygens (including phenoxy) is 1. The van der Waals surface area contributed by atoms with Crippen LogP contribution in [0.25, 0.3) is 0 Å². The molecular formula is C15H13BrN2O2. The molecule has 5 heteroatoms. The van der Waals surface area contributed by atoms with Crippen molar-refractivity contribution < 1.29 is 9.53 Å². The first-order chi connectivity index (χ1) is 9.65. The van der Waals surface area contributed by atoms with Gasteiger partial charge in [0.15, 0.2) is 0 Å². The Balaban J connectivity index is 2.00. The molecule has 3 rings (SSSR count). The van der Waals surface area contributed by atoms with Gasteiger partial charge in [-0.3, -0.25) is 9.78 Å². The Hall–Kier alpha value is -1.88. The molecule has 0 bridgehead atoms. The lowest BCUT2D eigenvalue weighted by atomic mass is 10.1. The van der Waals surface area contributed by atoms with Gasteiger partial charge in [-0.2, -0.15) is 0 Å². The van der Waals surface area contributed by atoms with Gasteiger partial charge in [0.25, 0.3) is 5.91 Å². The molecule has 0 atom stereocenters. The van der Waals surface area contributed by atoms with E-state index in [4.69, 9.17) is 4.74 Å². The van der Waals surface area contributed by atoms with Crippen molar-refractivity contribution in [2.24, 2.45) is 0 Å². The number of hydrogen-bond acceptors (Lipinski definition) is 3. The molecule has 0 spiro atoms. The highest BCUT2D eigenvalue weighted by Crippen LogP contribution is 2.33. The van der Waals surface area contributed by atoms with Gasteiger partial charge >= 0.3 is 0 Å². The van der Waals surface area contributed by atoms with E-state index in [1.807, 2.05) is 25.1 Å². The molecule has 0 saturated carbocycles. The molecule has 2 heterocycles. The normalized spacial score (nSPS) is 13.6. The fourth-order valence-electron chi connectivity index (χ4n) is 2.22. The SMILES string of the molecule is Cc1ccc2c(c1)N(C(=O)c1cncc(Br)c1)CCO2. The molecule has 0 unspecified atom stereocenters. The minimum Gasteiger partial charge on any atom is -0.490 e. The van der Waals surface area contributed by atoms with Crippen molar-refractivity contribution in [1.82, 2.24) is 4.98 Å². The van der Waals surface area contributed by atoms with E-state index in [0.717, 1.165) is 21.5 Å². The standard InChI is InChI=1S/C15H13BrN2O2/c1-10-2-3-14-13(6-10)18(4-5-20-14)15(19)11-7-12(16)9-17-8-11/h2-3,6-9H,4-5H2,1H3. The zero-order valence-corrected chi connectivity index (χ0v) is 12.6. The molecular weight excluding hydrogens is 320 g/mol. The first-order valence-electron chi connectivity index (χ1n) is 6.31. The lowest BCUT2D eigenvalue weighted by Crippen LogP contribution is -2.38. The van der Waals surface area contributed by atoms with E-state index < -0.39 is 0 Å². The molecule has 1 aromatic carbocycles. The van der Waals surface area contributed by atoms with E-state index in [2.05, 4.69) is 20.9 Å². The number of halogens is 1. The Bertz CT molecular complexity index is 673. The minimum absolute atomic E-state index is 0.0612. The van der Waals surface area contributed by atoms with E-state index in [1.165, 1.54) is 0 Å². The quantitative estimate of drug-likeness (QED) is 0.805. The van der Waals surface area contributed by atoms with Crippen LogP contribution in [0.4, 0.5) is 5.69 Å². The van der Waals surface area contributed by atoms with Crippen molar-refractivity contribution in [3.8, 4) is 5.75 Å². The predicted molar refractivity (Wildman–Crippen MR) is 80.3 cm³/mol. The fourth-order valence-corrected chi connectivity index (χ4v) is 2.59. The molecule has 102 valence electrons. The molecule has 1 aliphatic rings.